The Morgan fingerprint density at radius 3 is 2.35 bits per heavy atom. The number of rotatable bonds is 8. The molecule has 2 N–H and O–H groups in total. The van der Waals surface area contributed by atoms with Gasteiger partial charge in [-0.15, -0.1) is 0 Å². The molecule has 190 valence electrons. The van der Waals surface area contributed by atoms with E-state index in [0.717, 1.165) is 6.07 Å². The van der Waals surface area contributed by atoms with Crippen molar-refractivity contribution in [3.05, 3.63) is 98.5 Å². The molecule has 0 spiro atoms. The number of halogens is 3. The van der Waals surface area contributed by atoms with E-state index in [-0.39, 0.29) is 29.8 Å². The van der Waals surface area contributed by atoms with Crippen molar-refractivity contribution in [2.45, 2.75) is 32.0 Å². The van der Waals surface area contributed by atoms with Gasteiger partial charge in [-0.2, -0.15) is 0 Å². The molecule has 2 aliphatic rings. The van der Waals surface area contributed by atoms with E-state index in [2.05, 4.69) is 4.98 Å². The molecule has 1 saturated carbocycles. The highest BCUT2D eigenvalue weighted by atomic mass is 35.5. The Morgan fingerprint density at radius 1 is 1.11 bits per heavy atom. The average molecular weight is 542 g/mol. The Labute approximate surface area is 222 Å². The smallest absolute Gasteiger partial charge is 0.257 e. The molecule has 1 aliphatic carbocycles. The Kier molecular flexibility index (Phi) is 6.30. The van der Waals surface area contributed by atoms with Gasteiger partial charge in [0.05, 0.1) is 40.4 Å². The van der Waals surface area contributed by atoms with Crippen molar-refractivity contribution in [1.29, 1.82) is 0 Å². The van der Waals surface area contributed by atoms with Gasteiger partial charge in [0.2, 0.25) is 5.91 Å². The molecule has 37 heavy (non-hydrogen) atoms. The lowest BCUT2D eigenvalue weighted by Crippen LogP contribution is -2.48. The molecule has 3 aromatic rings. The predicted molar refractivity (Wildman–Crippen MR) is 135 cm³/mol. The first-order valence-electron chi connectivity index (χ1n) is 11.5. The molecule has 1 unspecified atom stereocenters. The van der Waals surface area contributed by atoms with Crippen LogP contribution in [0.2, 0.25) is 10.0 Å². The quantitative estimate of drug-likeness (QED) is 0.410. The molecule has 2 heterocycles. The summed E-state index contributed by atoms with van der Waals surface area (Å²) < 4.78 is 22.4. The number of primary amides is 1. The van der Waals surface area contributed by atoms with Crippen molar-refractivity contribution < 1.29 is 23.5 Å². The molecule has 5 rings (SSSR count). The summed E-state index contributed by atoms with van der Waals surface area (Å²) in [6, 6.07) is 12.2. The minimum atomic E-state index is -1.79. The molecule has 1 aromatic heterocycles. The molecular weight excluding hydrogens is 520 g/mol. The molecule has 2 aromatic carbocycles. The lowest BCUT2D eigenvalue weighted by atomic mass is 9.91. The van der Waals surface area contributed by atoms with Crippen LogP contribution in [0.1, 0.15) is 57.3 Å². The van der Waals surface area contributed by atoms with Crippen molar-refractivity contribution in [2.24, 2.45) is 11.1 Å². The number of nitrogens with two attached hydrogens (primary N) is 1. The lowest BCUT2D eigenvalue weighted by molar-refractivity contribution is -0.142. The average Bonchev–Trinajstić information content (AvgIpc) is 3.62. The number of aromatic nitrogens is 1. The summed E-state index contributed by atoms with van der Waals surface area (Å²) in [6.07, 6.45) is 2.48. The van der Waals surface area contributed by atoms with Crippen LogP contribution >= 0.6 is 23.2 Å². The lowest BCUT2D eigenvalue weighted by Gasteiger charge is -2.40. The zero-order chi connectivity index (χ0) is 26.5. The van der Waals surface area contributed by atoms with Gasteiger partial charge in [-0.05, 0) is 56.2 Å². The SMILES string of the molecule is CC(=O)c1cc(F)c2c(c1)C(=O)N(Cc1ccc(Cl)cn1)C2(OCC1(C(N)=O)CC1)c1ccc(Cl)cc1. The number of Topliss-reactive ketones (excluding diaryl/α,β-unsaturated/α-hetero) is 1. The number of pyridine rings is 1. The maximum absolute atomic E-state index is 15.9. The molecule has 1 fully saturated rings. The maximum Gasteiger partial charge on any atom is 0.257 e. The van der Waals surface area contributed by atoms with E-state index >= 15 is 4.39 Å². The first-order chi connectivity index (χ1) is 17.6. The molecule has 0 bridgehead atoms. The number of ketones is 1. The van der Waals surface area contributed by atoms with E-state index in [4.69, 9.17) is 33.7 Å². The predicted octanol–water partition coefficient (Wildman–Crippen LogP) is 4.87. The summed E-state index contributed by atoms with van der Waals surface area (Å²) in [7, 11) is 0. The van der Waals surface area contributed by atoms with Crippen LogP contribution in [-0.4, -0.2) is 34.1 Å². The van der Waals surface area contributed by atoms with E-state index in [0.29, 0.717) is 34.1 Å². The second-order valence-corrected chi connectivity index (χ2v) is 10.3. The zero-order valence-electron chi connectivity index (χ0n) is 19.8. The van der Waals surface area contributed by atoms with Gasteiger partial charge in [0, 0.05) is 22.3 Å². The largest absolute Gasteiger partial charge is 0.369 e. The Morgan fingerprint density at radius 2 is 1.78 bits per heavy atom. The number of carbonyl (C=O) groups is 3. The first kappa shape index (κ1) is 25.3. The number of hydrogen-bond acceptors (Lipinski definition) is 5. The third kappa shape index (κ3) is 4.29. The van der Waals surface area contributed by atoms with Gasteiger partial charge in [0.25, 0.3) is 5.91 Å². The molecule has 1 aliphatic heterocycles. The van der Waals surface area contributed by atoms with Crippen LogP contribution in [0.3, 0.4) is 0 Å². The summed E-state index contributed by atoms with van der Waals surface area (Å²) in [5.41, 5.74) is 3.80. The van der Waals surface area contributed by atoms with Crippen molar-refractivity contribution in [3.8, 4) is 0 Å². The third-order valence-electron chi connectivity index (χ3n) is 6.97. The van der Waals surface area contributed by atoms with E-state index in [1.807, 2.05) is 0 Å². The first-order valence-corrected chi connectivity index (χ1v) is 12.3. The van der Waals surface area contributed by atoms with Crippen molar-refractivity contribution in [1.82, 2.24) is 9.88 Å². The number of amides is 2. The van der Waals surface area contributed by atoms with Crippen molar-refractivity contribution >= 4 is 40.8 Å². The van der Waals surface area contributed by atoms with Gasteiger partial charge in [0.1, 0.15) is 5.82 Å². The number of carbonyl (C=O) groups excluding carboxylic acids is 3. The van der Waals surface area contributed by atoms with Gasteiger partial charge in [0.15, 0.2) is 11.5 Å². The monoisotopic (exact) mass is 541 g/mol. The summed E-state index contributed by atoms with van der Waals surface area (Å²) in [4.78, 5) is 43.9. The van der Waals surface area contributed by atoms with Crippen LogP contribution in [0.25, 0.3) is 0 Å². The second kappa shape index (κ2) is 9.20. The van der Waals surface area contributed by atoms with Gasteiger partial charge in [-0.1, -0.05) is 35.3 Å². The highest BCUT2D eigenvalue weighted by Crippen LogP contribution is 2.52. The van der Waals surface area contributed by atoms with Crippen LogP contribution in [-0.2, 0) is 21.8 Å². The Hall–Kier alpha value is -3.33. The van der Waals surface area contributed by atoms with Gasteiger partial charge in [-0.25, -0.2) is 4.39 Å². The fourth-order valence-corrected chi connectivity index (χ4v) is 4.89. The number of hydrogen-bond donors (Lipinski definition) is 1. The number of fused-ring (bicyclic) bond motifs is 1. The topological polar surface area (TPSA) is 103 Å². The fourth-order valence-electron chi connectivity index (χ4n) is 4.66. The number of benzene rings is 2. The summed E-state index contributed by atoms with van der Waals surface area (Å²) >= 11 is 12.1. The highest BCUT2D eigenvalue weighted by molar-refractivity contribution is 6.30. The molecule has 7 nitrogen and oxygen atoms in total. The van der Waals surface area contributed by atoms with E-state index in [9.17, 15) is 14.4 Å². The molecular formula is C27H22Cl2FN3O4. The summed E-state index contributed by atoms with van der Waals surface area (Å²) in [5, 5.41) is 0.840. The molecule has 1 atom stereocenters. The van der Waals surface area contributed by atoms with Gasteiger partial charge >= 0.3 is 0 Å². The zero-order valence-corrected chi connectivity index (χ0v) is 21.3. The highest BCUT2D eigenvalue weighted by Gasteiger charge is 2.57. The standard InChI is InChI=1S/C27H22Cl2FN3O4/c1-15(34)16-10-21-23(22(30)11-16)27(17-2-4-18(28)5-3-17,37-14-26(8-9-26)25(31)36)33(24(21)35)13-20-7-6-19(29)12-32-20/h2-7,10-12H,8-9,13-14H2,1H3,(H2,31,36). The summed E-state index contributed by atoms with van der Waals surface area (Å²) in [5.74, 6) is -2.27. The molecule has 10 heteroatoms. The fraction of sp³-hybridized carbons (Fsp3) is 0.259. The minimum Gasteiger partial charge on any atom is -0.369 e. The van der Waals surface area contributed by atoms with Crippen LogP contribution in [0.5, 0.6) is 0 Å². The van der Waals surface area contributed by atoms with Crippen molar-refractivity contribution in [2.75, 3.05) is 6.61 Å². The molecule has 2 amide bonds. The molecule has 0 saturated heterocycles. The van der Waals surface area contributed by atoms with Crippen LogP contribution in [0.4, 0.5) is 4.39 Å². The van der Waals surface area contributed by atoms with Crippen LogP contribution < -0.4 is 5.73 Å². The van der Waals surface area contributed by atoms with Crippen LogP contribution in [0, 0.1) is 11.2 Å². The molecule has 0 radical (unpaired) electrons. The van der Waals surface area contributed by atoms with Crippen LogP contribution in [0.15, 0.2) is 54.7 Å². The number of ether oxygens (including phenoxy) is 1. The number of nitrogens with zero attached hydrogens (tertiary/aromatic N) is 2. The Balaban J connectivity index is 1.74. The van der Waals surface area contributed by atoms with E-state index in [1.54, 1.807) is 36.4 Å². The maximum atomic E-state index is 15.9. The van der Waals surface area contributed by atoms with Gasteiger partial charge in [-0.3, -0.25) is 24.3 Å². The summed E-state index contributed by atoms with van der Waals surface area (Å²) in [6.45, 7) is 1.07. The normalized spacial score (nSPS) is 19.6. The van der Waals surface area contributed by atoms with Crippen molar-refractivity contribution in [3.63, 3.8) is 0 Å². The van der Waals surface area contributed by atoms with E-state index < -0.39 is 34.6 Å². The van der Waals surface area contributed by atoms with Gasteiger partial charge < -0.3 is 10.5 Å². The second-order valence-electron chi connectivity index (χ2n) is 9.38. The van der Waals surface area contributed by atoms with E-state index in [1.165, 1.54) is 24.1 Å². The Bertz CT molecular complexity index is 1420. The minimum absolute atomic E-state index is 0.0157. The third-order valence-corrected chi connectivity index (χ3v) is 7.44.